The van der Waals surface area contributed by atoms with Gasteiger partial charge in [0.2, 0.25) is 5.91 Å². The lowest BCUT2D eigenvalue weighted by atomic mass is 10.1. The molecule has 1 fully saturated rings. The van der Waals surface area contributed by atoms with Crippen LogP contribution in [0.1, 0.15) is 37.4 Å². The number of imide groups is 1. The number of rotatable bonds is 10. The molecule has 0 aliphatic carbocycles. The third-order valence-corrected chi connectivity index (χ3v) is 6.76. The highest BCUT2D eigenvalue weighted by Crippen LogP contribution is 2.30. The van der Waals surface area contributed by atoms with Crippen molar-refractivity contribution in [2.24, 2.45) is 7.05 Å². The van der Waals surface area contributed by atoms with E-state index in [2.05, 4.69) is 17.3 Å². The Balaban J connectivity index is 1.59. The third-order valence-electron chi connectivity index (χ3n) is 6.43. The smallest absolute Gasteiger partial charge is 0.257 e. The van der Waals surface area contributed by atoms with E-state index in [0.717, 1.165) is 24.1 Å². The topological polar surface area (TPSA) is 88.9 Å². The SMILES string of the molecule is CCCCOc1ccc(N2C(=O)C[C@@H](N(Cc3cn(C)nc3C)C(=S)Nc3ccccc3OC)C2=O)cc1. The van der Waals surface area contributed by atoms with Crippen molar-refractivity contribution in [3.63, 3.8) is 0 Å². The molecular formula is C28H33N5O4S. The number of thiocarbonyl (C=S) groups is 1. The Morgan fingerprint density at radius 2 is 1.92 bits per heavy atom. The lowest BCUT2D eigenvalue weighted by Crippen LogP contribution is -2.46. The molecular weight excluding hydrogens is 502 g/mol. The zero-order valence-corrected chi connectivity index (χ0v) is 23.0. The van der Waals surface area contributed by atoms with Gasteiger partial charge in [0.25, 0.3) is 5.91 Å². The summed E-state index contributed by atoms with van der Waals surface area (Å²) >= 11 is 5.80. The first-order chi connectivity index (χ1) is 18.3. The standard InChI is InChI=1S/C28H33N5O4S/c1-5-6-15-37-22-13-11-21(12-14-22)33-26(34)16-24(27(33)35)32(18-20-17-31(3)30-19(20)2)28(38)29-23-9-7-8-10-25(23)36-4/h7-14,17,24H,5-6,15-16,18H2,1-4H3,(H,29,38)/t24-/m1/s1. The number of anilines is 2. The number of hydrogen-bond acceptors (Lipinski definition) is 6. The van der Waals surface area contributed by atoms with Gasteiger partial charge in [0.15, 0.2) is 5.11 Å². The van der Waals surface area contributed by atoms with Crippen molar-refractivity contribution in [2.45, 2.75) is 45.7 Å². The van der Waals surface area contributed by atoms with Crippen LogP contribution in [0.3, 0.4) is 0 Å². The highest BCUT2D eigenvalue weighted by atomic mass is 32.1. The van der Waals surface area contributed by atoms with Crippen LogP contribution in [-0.2, 0) is 23.2 Å². The first-order valence-electron chi connectivity index (χ1n) is 12.6. The van der Waals surface area contributed by atoms with Crippen molar-refractivity contribution in [2.75, 3.05) is 23.9 Å². The van der Waals surface area contributed by atoms with Crippen molar-refractivity contribution in [3.8, 4) is 11.5 Å². The molecule has 1 aliphatic heterocycles. The molecule has 200 valence electrons. The normalized spacial score (nSPS) is 15.1. The quantitative estimate of drug-likeness (QED) is 0.232. The Labute approximate surface area is 228 Å². The summed E-state index contributed by atoms with van der Waals surface area (Å²) in [5, 5.41) is 7.95. The van der Waals surface area contributed by atoms with E-state index in [1.807, 2.05) is 44.4 Å². The molecule has 9 nitrogen and oxygen atoms in total. The number of ether oxygens (including phenoxy) is 2. The molecule has 0 saturated carbocycles. The van der Waals surface area contributed by atoms with E-state index in [-0.39, 0.29) is 18.2 Å². The second-order valence-electron chi connectivity index (χ2n) is 9.15. The molecule has 0 bridgehead atoms. The van der Waals surface area contributed by atoms with Gasteiger partial charge in [-0.1, -0.05) is 25.5 Å². The summed E-state index contributed by atoms with van der Waals surface area (Å²) in [7, 11) is 3.42. The molecule has 0 spiro atoms. The molecule has 10 heteroatoms. The number of carbonyl (C=O) groups excluding carboxylic acids is 2. The maximum absolute atomic E-state index is 13.7. The average molecular weight is 536 g/mol. The lowest BCUT2D eigenvalue weighted by Gasteiger charge is -2.30. The fourth-order valence-electron chi connectivity index (χ4n) is 4.40. The summed E-state index contributed by atoms with van der Waals surface area (Å²) in [5.74, 6) is 0.700. The molecule has 1 aliphatic rings. The zero-order chi connectivity index (χ0) is 27.2. The van der Waals surface area contributed by atoms with E-state index in [9.17, 15) is 9.59 Å². The van der Waals surface area contributed by atoms with Crippen molar-refractivity contribution in [3.05, 3.63) is 66.0 Å². The molecule has 4 rings (SSSR count). The number of hydrogen-bond donors (Lipinski definition) is 1. The minimum Gasteiger partial charge on any atom is -0.495 e. The van der Waals surface area contributed by atoms with Crippen molar-refractivity contribution in [1.29, 1.82) is 0 Å². The first kappa shape index (κ1) is 27.1. The largest absolute Gasteiger partial charge is 0.495 e. The second-order valence-corrected chi connectivity index (χ2v) is 9.54. The van der Waals surface area contributed by atoms with Crippen LogP contribution < -0.4 is 19.7 Å². The van der Waals surface area contributed by atoms with Gasteiger partial charge in [-0.25, -0.2) is 4.90 Å². The fourth-order valence-corrected chi connectivity index (χ4v) is 4.70. The molecule has 2 aromatic carbocycles. The number of carbonyl (C=O) groups is 2. The van der Waals surface area contributed by atoms with Crippen LogP contribution in [0.25, 0.3) is 0 Å². The van der Waals surface area contributed by atoms with Crippen LogP contribution in [0.4, 0.5) is 11.4 Å². The van der Waals surface area contributed by atoms with Crippen molar-refractivity contribution >= 4 is 40.5 Å². The maximum atomic E-state index is 13.7. The molecule has 3 aromatic rings. The van der Waals surface area contributed by atoms with E-state index >= 15 is 0 Å². The number of nitrogens with one attached hydrogen (secondary N) is 1. The summed E-state index contributed by atoms with van der Waals surface area (Å²) < 4.78 is 12.9. The number of unbranched alkanes of at least 4 members (excludes halogenated alkanes) is 1. The highest BCUT2D eigenvalue weighted by Gasteiger charge is 2.44. The third kappa shape index (κ3) is 5.96. The zero-order valence-electron chi connectivity index (χ0n) is 22.1. The molecule has 2 heterocycles. The Kier molecular flexibility index (Phi) is 8.62. The first-order valence-corrected chi connectivity index (χ1v) is 13.0. The van der Waals surface area contributed by atoms with E-state index in [1.165, 1.54) is 4.90 Å². The molecule has 1 atom stereocenters. The van der Waals surface area contributed by atoms with Gasteiger partial charge in [-0.15, -0.1) is 0 Å². The number of benzene rings is 2. The molecule has 0 radical (unpaired) electrons. The molecule has 0 unspecified atom stereocenters. The number of aromatic nitrogens is 2. The predicted molar refractivity (Wildman–Crippen MR) is 150 cm³/mol. The predicted octanol–water partition coefficient (Wildman–Crippen LogP) is 4.45. The van der Waals surface area contributed by atoms with Crippen molar-refractivity contribution < 1.29 is 19.1 Å². The van der Waals surface area contributed by atoms with Crippen LogP contribution in [0.15, 0.2) is 54.7 Å². The van der Waals surface area contributed by atoms with Gasteiger partial charge in [0.1, 0.15) is 17.5 Å². The monoisotopic (exact) mass is 535 g/mol. The summed E-state index contributed by atoms with van der Waals surface area (Å²) in [5.41, 5.74) is 2.90. The van der Waals surface area contributed by atoms with Gasteiger partial charge in [0.05, 0.1) is 37.2 Å². The van der Waals surface area contributed by atoms with E-state index in [1.54, 1.807) is 41.0 Å². The average Bonchev–Trinajstić information content (AvgIpc) is 3.38. The number of aryl methyl sites for hydroxylation is 2. The molecule has 38 heavy (non-hydrogen) atoms. The Morgan fingerprint density at radius 1 is 1.18 bits per heavy atom. The molecule has 1 aromatic heterocycles. The number of amides is 2. The van der Waals surface area contributed by atoms with Gasteiger partial charge in [-0.3, -0.25) is 14.3 Å². The van der Waals surface area contributed by atoms with Gasteiger partial charge >= 0.3 is 0 Å². The van der Waals surface area contributed by atoms with Crippen LogP contribution in [0.2, 0.25) is 0 Å². The van der Waals surface area contributed by atoms with Crippen LogP contribution >= 0.6 is 12.2 Å². The Bertz CT molecular complexity index is 1310. The van der Waals surface area contributed by atoms with E-state index < -0.39 is 6.04 Å². The summed E-state index contributed by atoms with van der Waals surface area (Å²) in [6.07, 6.45) is 3.89. The van der Waals surface area contributed by atoms with Gasteiger partial charge in [-0.2, -0.15) is 5.10 Å². The number of para-hydroxylation sites is 2. The maximum Gasteiger partial charge on any atom is 0.257 e. The Morgan fingerprint density at radius 3 is 2.58 bits per heavy atom. The molecule has 2 amide bonds. The second kappa shape index (κ2) is 12.1. The summed E-state index contributed by atoms with van der Waals surface area (Å²) in [6.45, 7) is 4.94. The fraction of sp³-hybridized carbons (Fsp3) is 0.357. The summed E-state index contributed by atoms with van der Waals surface area (Å²) in [6, 6.07) is 13.6. The van der Waals surface area contributed by atoms with E-state index in [0.29, 0.717) is 41.1 Å². The van der Waals surface area contributed by atoms with Crippen LogP contribution in [-0.4, -0.2) is 51.4 Å². The van der Waals surface area contributed by atoms with Gasteiger partial charge in [0, 0.05) is 25.4 Å². The summed E-state index contributed by atoms with van der Waals surface area (Å²) in [4.78, 5) is 29.9. The Hall–Kier alpha value is -3.92. The van der Waals surface area contributed by atoms with Crippen LogP contribution in [0, 0.1) is 6.92 Å². The highest BCUT2D eigenvalue weighted by molar-refractivity contribution is 7.80. The minimum absolute atomic E-state index is 0.000634. The van der Waals surface area contributed by atoms with Crippen LogP contribution in [0.5, 0.6) is 11.5 Å². The van der Waals surface area contributed by atoms with Gasteiger partial charge in [-0.05, 0) is 62.0 Å². The lowest BCUT2D eigenvalue weighted by molar-refractivity contribution is -0.122. The minimum atomic E-state index is -0.780. The number of methoxy groups -OCH3 is 1. The molecule has 1 saturated heterocycles. The van der Waals surface area contributed by atoms with Crippen molar-refractivity contribution in [1.82, 2.24) is 14.7 Å². The van der Waals surface area contributed by atoms with Gasteiger partial charge < -0.3 is 19.7 Å². The number of nitrogens with zero attached hydrogens (tertiary/aromatic N) is 4. The molecule has 1 N–H and O–H groups in total. The van der Waals surface area contributed by atoms with E-state index in [4.69, 9.17) is 21.7 Å².